The summed E-state index contributed by atoms with van der Waals surface area (Å²) >= 11 is 0. The molecule has 0 atom stereocenters. The Balaban J connectivity index is 1.90. The lowest BCUT2D eigenvalue weighted by Crippen LogP contribution is -2.19. The van der Waals surface area contributed by atoms with E-state index in [2.05, 4.69) is 20.5 Å². The average molecular weight is 256 g/mol. The molecule has 98 valence electrons. The molecular formula is C10H14F2N6. The van der Waals surface area contributed by atoms with Gasteiger partial charge in [-0.3, -0.25) is 4.57 Å². The summed E-state index contributed by atoms with van der Waals surface area (Å²) in [6.45, 7) is 0.910. The standard InChI is InChI=1S/C10H14F2N6/c1-2-17-7-15-16-9(17)6-13-5-8-14-3-4-18(8)10(11)12/h3-4,7,10,13H,2,5-6H2,1H3. The van der Waals surface area contributed by atoms with E-state index in [0.717, 1.165) is 16.9 Å². The van der Waals surface area contributed by atoms with Gasteiger partial charge in [0.15, 0.2) is 0 Å². The molecule has 6 nitrogen and oxygen atoms in total. The fourth-order valence-electron chi connectivity index (χ4n) is 1.62. The van der Waals surface area contributed by atoms with Gasteiger partial charge in [-0.15, -0.1) is 10.2 Å². The van der Waals surface area contributed by atoms with Crippen LogP contribution in [0.2, 0.25) is 0 Å². The van der Waals surface area contributed by atoms with Gasteiger partial charge in [0, 0.05) is 18.9 Å². The Morgan fingerprint density at radius 1 is 1.33 bits per heavy atom. The van der Waals surface area contributed by atoms with Gasteiger partial charge in [0.05, 0.1) is 13.1 Å². The third-order valence-corrected chi connectivity index (χ3v) is 2.56. The van der Waals surface area contributed by atoms with Crippen molar-refractivity contribution in [2.45, 2.75) is 33.1 Å². The molecule has 0 aliphatic rings. The highest BCUT2D eigenvalue weighted by atomic mass is 19.3. The lowest BCUT2D eigenvalue weighted by atomic mass is 10.5. The number of alkyl halides is 2. The zero-order valence-corrected chi connectivity index (χ0v) is 9.92. The number of hydrogen-bond acceptors (Lipinski definition) is 4. The zero-order chi connectivity index (χ0) is 13.0. The summed E-state index contributed by atoms with van der Waals surface area (Å²) in [7, 11) is 0. The van der Waals surface area contributed by atoms with Gasteiger partial charge in [0.25, 0.3) is 0 Å². The number of nitrogens with zero attached hydrogens (tertiary/aromatic N) is 5. The van der Waals surface area contributed by atoms with E-state index in [-0.39, 0.29) is 6.54 Å². The van der Waals surface area contributed by atoms with Gasteiger partial charge >= 0.3 is 6.55 Å². The van der Waals surface area contributed by atoms with E-state index in [1.807, 2.05) is 11.5 Å². The lowest BCUT2D eigenvalue weighted by molar-refractivity contribution is 0.0666. The summed E-state index contributed by atoms with van der Waals surface area (Å²) in [5.74, 6) is 1.07. The van der Waals surface area contributed by atoms with Crippen molar-refractivity contribution in [2.24, 2.45) is 0 Å². The molecule has 18 heavy (non-hydrogen) atoms. The Labute approximate surface area is 103 Å². The van der Waals surface area contributed by atoms with Crippen molar-refractivity contribution < 1.29 is 8.78 Å². The molecule has 2 aromatic rings. The molecule has 1 N–H and O–H groups in total. The molecule has 0 spiro atoms. The number of nitrogens with one attached hydrogen (secondary N) is 1. The molecule has 0 amide bonds. The highest BCUT2D eigenvalue weighted by molar-refractivity contribution is 4.93. The molecule has 0 unspecified atom stereocenters. The summed E-state index contributed by atoms with van der Waals surface area (Å²) < 4.78 is 27.8. The van der Waals surface area contributed by atoms with Crippen LogP contribution in [0.15, 0.2) is 18.7 Å². The van der Waals surface area contributed by atoms with Crippen molar-refractivity contribution in [3.63, 3.8) is 0 Å². The predicted octanol–water partition coefficient (Wildman–Crippen LogP) is 1.18. The lowest BCUT2D eigenvalue weighted by Gasteiger charge is -2.08. The van der Waals surface area contributed by atoms with Gasteiger partial charge in [-0.25, -0.2) is 4.98 Å². The molecule has 8 heteroatoms. The summed E-state index contributed by atoms with van der Waals surface area (Å²) in [6, 6.07) is 0. The van der Waals surface area contributed by atoms with Crippen molar-refractivity contribution in [2.75, 3.05) is 0 Å². The van der Waals surface area contributed by atoms with Crippen LogP contribution >= 0.6 is 0 Å². The molecule has 0 aliphatic heterocycles. The fraction of sp³-hybridized carbons (Fsp3) is 0.500. The van der Waals surface area contributed by atoms with E-state index in [9.17, 15) is 8.78 Å². The molecule has 0 aliphatic carbocycles. The number of imidazole rings is 1. The van der Waals surface area contributed by atoms with Crippen LogP contribution in [0.3, 0.4) is 0 Å². The summed E-state index contributed by atoms with van der Waals surface area (Å²) in [5.41, 5.74) is 0. The monoisotopic (exact) mass is 256 g/mol. The summed E-state index contributed by atoms with van der Waals surface area (Å²) in [4.78, 5) is 3.88. The largest absolute Gasteiger partial charge is 0.319 e. The van der Waals surface area contributed by atoms with Gasteiger partial charge in [-0.1, -0.05) is 0 Å². The maximum atomic E-state index is 12.5. The first-order valence-corrected chi connectivity index (χ1v) is 5.59. The summed E-state index contributed by atoms with van der Waals surface area (Å²) in [6.07, 6.45) is 4.26. The second kappa shape index (κ2) is 5.67. The van der Waals surface area contributed by atoms with Crippen LogP contribution in [0.1, 0.15) is 25.1 Å². The minimum Gasteiger partial charge on any atom is -0.317 e. The molecule has 2 aromatic heterocycles. The zero-order valence-electron chi connectivity index (χ0n) is 9.92. The third kappa shape index (κ3) is 2.70. The van der Waals surface area contributed by atoms with E-state index in [1.54, 1.807) is 6.33 Å². The van der Waals surface area contributed by atoms with Gasteiger partial charge in [0.1, 0.15) is 18.0 Å². The van der Waals surface area contributed by atoms with E-state index in [4.69, 9.17) is 0 Å². The second-order valence-electron chi connectivity index (χ2n) is 3.67. The minimum atomic E-state index is -2.57. The molecule has 0 fully saturated rings. The van der Waals surface area contributed by atoms with Crippen molar-refractivity contribution in [3.05, 3.63) is 30.4 Å². The molecule has 2 rings (SSSR count). The van der Waals surface area contributed by atoms with Gasteiger partial charge in [0.2, 0.25) is 0 Å². The molecule has 2 heterocycles. The van der Waals surface area contributed by atoms with Crippen molar-refractivity contribution in [1.29, 1.82) is 0 Å². The number of halogens is 2. The van der Waals surface area contributed by atoms with Crippen LogP contribution in [-0.2, 0) is 19.6 Å². The minimum absolute atomic E-state index is 0.258. The molecular weight excluding hydrogens is 242 g/mol. The van der Waals surface area contributed by atoms with Crippen molar-refractivity contribution in [3.8, 4) is 0 Å². The molecule has 0 bridgehead atoms. The SMILES string of the molecule is CCn1cnnc1CNCc1nccn1C(F)F. The Morgan fingerprint density at radius 2 is 2.11 bits per heavy atom. The molecule has 0 radical (unpaired) electrons. The number of aryl methyl sites for hydroxylation is 1. The van der Waals surface area contributed by atoms with E-state index in [1.165, 1.54) is 12.4 Å². The normalized spacial score (nSPS) is 11.3. The highest BCUT2D eigenvalue weighted by Gasteiger charge is 2.11. The first-order chi connectivity index (χ1) is 8.72. The fourth-order valence-corrected chi connectivity index (χ4v) is 1.62. The van der Waals surface area contributed by atoms with Gasteiger partial charge in [-0.05, 0) is 6.92 Å². The van der Waals surface area contributed by atoms with E-state index in [0.29, 0.717) is 12.4 Å². The molecule has 0 saturated carbocycles. The van der Waals surface area contributed by atoms with Crippen LogP contribution in [0, 0.1) is 0 Å². The summed E-state index contributed by atoms with van der Waals surface area (Å²) in [5, 5.41) is 10.7. The van der Waals surface area contributed by atoms with E-state index >= 15 is 0 Å². The first-order valence-electron chi connectivity index (χ1n) is 5.59. The maximum Gasteiger partial charge on any atom is 0.319 e. The van der Waals surface area contributed by atoms with Crippen LogP contribution in [0.25, 0.3) is 0 Å². The van der Waals surface area contributed by atoms with Crippen LogP contribution in [0.5, 0.6) is 0 Å². The topological polar surface area (TPSA) is 60.6 Å². The second-order valence-corrected chi connectivity index (χ2v) is 3.67. The average Bonchev–Trinajstić information content (AvgIpc) is 2.97. The van der Waals surface area contributed by atoms with E-state index < -0.39 is 6.55 Å². The van der Waals surface area contributed by atoms with Crippen LogP contribution < -0.4 is 5.32 Å². The van der Waals surface area contributed by atoms with Crippen molar-refractivity contribution >= 4 is 0 Å². The number of hydrogen-bond donors (Lipinski definition) is 1. The molecule has 0 aromatic carbocycles. The Hall–Kier alpha value is -1.83. The smallest absolute Gasteiger partial charge is 0.317 e. The van der Waals surface area contributed by atoms with Crippen LogP contribution in [0.4, 0.5) is 8.78 Å². The quantitative estimate of drug-likeness (QED) is 0.843. The number of aromatic nitrogens is 5. The Morgan fingerprint density at radius 3 is 2.83 bits per heavy atom. The Bertz CT molecular complexity index is 492. The maximum absolute atomic E-state index is 12.5. The third-order valence-electron chi connectivity index (χ3n) is 2.56. The Kier molecular flexibility index (Phi) is 3.98. The van der Waals surface area contributed by atoms with Crippen LogP contribution in [-0.4, -0.2) is 24.3 Å². The van der Waals surface area contributed by atoms with Gasteiger partial charge < -0.3 is 9.88 Å². The molecule has 0 saturated heterocycles. The first kappa shape index (κ1) is 12.6. The van der Waals surface area contributed by atoms with Crippen molar-refractivity contribution in [1.82, 2.24) is 29.6 Å². The van der Waals surface area contributed by atoms with Gasteiger partial charge in [-0.2, -0.15) is 8.78 Å². The highest BCUT2D eigenvalue weighted by Crippen LogP contribution is 2.11. The predicted molar refractivity (Wildman–Crippen MR) is 59.7 cm³/mol. The number of rotatable bonds is 6.